The maximum atomic E-state index is 12.2. The van der Waals surface area contributed by atoms with E-state index in [-0.39, 0.29) is 35.2 Å². The van der Waals surface area contributed by atoms with E-state index in [4.69, 9.17) is 0 Å². The number of carbonyl (C=O) groups is 1. The molecule has 2 amide bonds. The normalized spacial score (nSPS) is 30.2. The zero-order chi connectivity index (χ0) is 18.3. The molecule has 1 aromatic carbocycles. The molecule has 2 saturated carbocycles. The molecule has 25 heavy (non-hydrogen) atoms. The number of amides is 2. The van der Waals surface area contributed by atoms with Crippen molar-refractivity contribution in [3.05, 3.63) is 30.3 Å². The molecule has 2 aliphatic carbocycles. The molecule has 0 radical (unpaired) electrons. The van der Waals surface area contributed by atoms with Gasteiger partial charge in [-0.3, -0.25) is 0 Å². The zero-order valence-electron chi connectivity index (χ0n) is 15.2. The number of hydrogen-bond acceptors (Lipinski definition) is 3. The van der Waals surface area contributed by atoms with Crippen LogP contribution in [-0.2, 0) is 9.84 Å². The third kappa shape index (κ3) is 3.16. The van der Waals surface area contributed by atoms with Gasteiger partial charge in [0.15, 0.2) is 9.84 Å². The minimum Gasteiger partial charge on any atom is -0.337 e. The van der Waals surface area contributed by atoms with Crippen molar-refractivity contribution in [3.63, 3.8) is 0 Å². The monoisotopic (exact) mass is 364 g/mol. The Morgan fingerprint density at radius 3 is 2.44 bits per heavy atom. The first-order valence-corrected chi connectivity index (χ1v) is 10.6. The van der Waals surface area contributed by atoms with Crippen LogP contribution in [-0.4, -0.2) is 32.8 Å². The van der Waals surface area contributed by atoms with Crippen LogP contribution < -0.4 is 10.6 Å². The summed E-state index contributed by atoms with van der Waals surface area (Å²) in [6.45, 7) is 6.98. The maximum Gasteiger partial charge on any atom is 0.315 e. The van der Waals surface area contributed by atoms with Crippen molar-refractivity contribution in [1.82, 2.24) is 10.6 Å². The summed E-state index contributed by atoms with van der Waals surface area (Å²) in [6, 6.07) is 8.23. The fraction of sp³-hybridized carbons (Fsp3) is 0.632. The fourth-order valence-corrected chi connectivity index (χ4v) is 5.85. The summed E-state index contributed by atoms with van der Waals surface area (Å²) < 4.78 is 24.5. The van der Waals surface area contributed by atoms with Gasteiger partial charge in [0.1, 0.15) is 0 Å². The highest BCUT2D eigenvalue weighted by molar-refractivity contribution is 7.91. The highest BCUT2D eigenvalue weighted by atomic mass is 32.2. The number of carbonyl (C=O) groups excluding carboxylic acids is 1. The van der Waals surface area contributed by atoms with Gasteiger partial charge in [-0.25, -0.2) is 13.2 Å². The molecule has 2 bridgehead atoms. The molecule has 0 unspecified atom stereocenters. The quantitative estimate of drug-likeness (QED) is 0.843. The summed E-state index contributed by atoms with van der Waals surface area (Å²) in [5.41, 5.74) is 0.354. The lowest BCUT2D eigenvalue weighted by molar-refractivity contribution is 0.123. The highest BCUT2D eigenvalue weighted by Gasteiger charge is 2.61. The van der Waals surface area contributed by atoms with Crippen molar-refractivity contribution in [2.24, 2.45) is 16.7 Å². The molecule has 5 nitrogen and oxygen atoms in total. The standard InChI is InChI=1S/C19H28N2O3S/c1-18(2)14-9-10-19(18,3)16(13-14)21-17(22)20-11-12-25(23,24)15-7-5-4-6-8-15/h4-8,14,16H,9-13H2,1-3H3,(H2,20,21,22)/t14-,16-,19-/m0/s1. The van der Waals surface area contributed by atoms with Gasteiger partial charge in [-0.15, -0.1) is 0 Å². The van der Waals surface area contributed by atoms with Gasteiger partial charge in [0.05, 0.1) is 10.6 Å². The van der Waals surface area contributed by atoms with Crippen LogP contribution in [0.2, 0.25) is 0 Å². The molecule has 0 spiro atoms. The van der Waals surface area contributed by atoms with Gasteiger partial charge in [-0.05, 0) is 48.1 Å². The maximum absolute atomic E-state index is 12.2. The molecule has 2 fully saturated rings. The number of nitrogens with one attached hydrogen (secondary N) is 2. The molecule has 138 valence electrons. The van der Waals surface area contributed by atoms with Crippen LogP contribution in [0.15, 0.2) is 35.2 Å². The number of rotatable bonds is 5. The van der Waals surface area contributed by atoms with E-state index in [1.165, 1.54) is 6.42 Å². The summed E-state index contributed by atoms with van der Waals surface area (Å²) in [5.74, 6) is 0.557. The molecule has 0 heterocycles. The SMILES string of the molecule is CC1(C)[C@H]2CC[C@@]1(C)[C@@H](NC(=O)NCCS(=O)(=O)c1ccccc1)C2. The van der Waals surface area contributed by atoms with Crippen LogP contribution in [0.3, 0.4) is 0 Å². The van der Waals surface area contributed by atoms with Crippen LogP contribution in [0.5, 0.6) is 0 Å². The van der Waals surface area contributed by atoms with Crippen LogP contribution >= 0.6 is 0 Å². The van der Waals surface area contributed by atoms with E-state index in [0.717, 1.165) is 12.8 Å². The Hall–Kier alpha value is -1.56. The first kappa shape index (κ1) is 18.2. The van der Waals surface area contributed by atoms with Crippen LogP contribution in [0.4, 0.5) is 4.79 Å². The Morgan fingerprint density at radius 1 is 1.20 bits per heavy atom. The molecule has 3 rings (SSSR count). The molecule has 0 aliphatic heterocycles. The minimum absolute atomic E-state index is 0.0967. The van der Waals surface area contributed by atoms with Crippen LogP contribution in [0.1, 0.15) is 40.0 Å². The van der Waals surface area contributed by atoms with Crippen molar-refractivity contribution in [2.75, 3.05) is 12.3 Å². The third-order valence-corrected chi connectivity index (χ3v) is 8.59. The molecule has 2 aliphatic rings. The lowest BCUT2D eigenvalue weighted by atomic mass is 9.69. The molecule has 0 aromatic heterocycles. The predicted octanol–water partition coefficient (Wildman–Crippen LogP) is 2.97. The van der Waals surface area contributed by atoms with Gasteiger partial charge >= 0.3 is 6.03 Å². The summed E-state index contributed by atoms with van der Waals surface area (Å²) in [5, 5.41) is 5.80. The molecular weight excluding hydrogens is 336 g/mol. The van der Waals surface area contributed by atoms with E-state index in [2.05, 4.69) is 31.4 Å². The fourth-order valence-electron chi connectivity index (χ4n) is 4.68. The topological polar surface area (TPSA) is 75.3 Å². The third-order valence-electron chi connectivity index (χ3n) is 6.86. The van der Waals surface area contributed by atoms with Crippen LogP contribution in [0.25, 0.3) is 0 Å². The van der Waals surface area contributed by atoms with Crippen molar-refractivity contribution in [2.45, 2.75) is 51.0 Å². The number of urea groups is 1. The summed E-state index contributed by atoms with van der Waals surface area (Å²) in [6.07, 6.45) is 3.38. The smallest absolute Gasteiger partial charge is 0.315 e. The number of hydrogen-bond donors (Lipinski definition) is 2. The molecule has 1 aromatic rings. The lowest BCUT2D eigenvalue weighted by Gasteiger charge is -2.39. The minimum atomic E-state index is -3.36. The zero-order valence-corrected chi connectivity index (χ0v) is 16.0. The van der Waals surface area contributed by atoms with Gasteiger partial charge < -0.3 is 10.6 Å². The van der Waals surface area contributed by atoms with Gasteiger partial charge in [-0.1, -0.05) is 39.0 Å². The second kappa shape index (κ2) is 6.31. The Kier molecular flexibility index (Phi) is 4.60. The molecule has 6 heteroatoms. The summed E-state index contributed by atoms with van der Waals surface area (Å²) in [4.78, 5) is 12.5. The molecule has 0 saturated heterocycles. The Bertz CT molecular complexity index is 745. The van der Waals surface area contributed by atoms with E-state index < -0.39 is 9.84 Å². The van der Waals surface area contributed by atoms with Crippen molar-refractivity contribution >= 4 is 15.9 Å². The van der Waals surface area contributed by atoms with Gasteiger partial charge in [-0.2, -0.15) is 0 Å². The average molecular weight is 365 g/mol. The second-order valence-corrected chi connectivity index (χ2v) is 10.3. The van der Waals surface area contributed by atoms with Gasteiger partial charge in [0.2, 0.25) is 0 Å². The largest absolute Gasteiger partial charge is 0.337 e. The highest BCUT2D eigenvalue weighted by Crippen LogP contribution is 2.65. The van der Waals surface area contributed by atoms with Gasteiger partial charge in [0, 0.05) is 12.6 Å². The van der Waals surface area contributed by atoms with E-state index in [1.807, 2.05) is 0 Å². The van der Waals surface area contributed by atoms with Crippen molar-refractivity contribution in [1.29, 1.82) is 0 Å². The van der Waals surface area contributed by atoms with E-state index >= 15 is 0 Å². The molecule has 2 N–H and O–H groups in total. The Balaban J connectivity index is 1.51. The Morgan fingerprint density at radius 2 is 1.88 bits per heavy atom. The number of fused-ring (bicyclic) bond motifs is 2. The van der Waals surface area contributed by atoms with E-state index in [1.54, 1.807) is 30.3 Å². The van der Waals surface area contributed by atoms with Crippen molar-refractivity contribution in [3.8, 4) is 0 Å². The first-order valence-electron chi connectivity index (χ1n) is 8.99. The lowest BCUT2D eigenvalue weighted by Crippen LogP contribution is -2.50. The van der Waals surface area contributed by atoms with E-state index in [0.29, 0.717) is 10.8 Å². The molecular formula is C19H28N2O3S. The Labute approximate surface area is 150 Å². The van der Waals surface area contributed by atoms with Gasteiger partial charge in [0.25, 0.3) is 0 Å². The number of benzene rings is 1. The second-order valence-electron chi connectivity index (χ2n) is 8.20. The first-order chi connectivity index (χ1) is 11.7. The average Bonchev–Trinajstić information content (AvgIpc) is 2.89. The number of sulfone groups is 1. The predicted molar refractivity (Wildman–Crippen MR) is 98.0 cm³/mol. The summed E-state index contributed by atoms with van der Waals surface area (Å²) >= 11 is 0. The van der Waals surface area contributed by atoms with Crippen LogP contribution in [0, 0.1) is 16.7 Å². The van der Waals surface area contributed by atoms with E-state index in [9.17, 15) is 13.2 Å². The van der Waals surface area contributed by atoms with Crippen molar-refractivity contribution < 1.29 is 13.2 Å². The summed E-state index contributed by atoms with van der Waals surface area (Å²) in [7, 11) is -3.36. The molecule has 3 atom stereocenters.